The molecule has 1 aromatic rings. The van der Waals surface area contributed by atoms with Crippen molar-refractivity contribution in [2.75, 3.05) is 0 Å². The molecule has 0 N–H and O–H groups in total. The molecule has 1 rings (SSSR count). The molecule has 0 spiro atoms. The van der Waals surface area contributed by atoms with Crippen LogP contribution in [0.3, 0.4) is 0 Å². The fraction of sp³-hybridized carbons (Fsp3) is 0.143. The van der Waals surface area contributed by atoms with Crippen LogP contribution in [0.5, 0.6) is 0 Å². The molecule has 0 bridgehead atoms. The predicted molar refractivity (Wildman–Crippen MR) is 35.8 cm³/mol. The summed E-state index contributed by atoms with van der Waals surface area (Å²) in [5, 5.41) is 0. The minimum absolute atomic E-state index is 0.260. The Balaban J connectivity index is 3.40. The van der Waals surface area contributed by atoms with Crippen molar-refractivity contribution >= 4 is 11.6 Å². The van der Waals surface area contributed by atoms with E-state index in [9.17, 15) is 17.6 Å². The van der Waals surface area contributed by atoms with Crippen molar-refractivity contribution in [2.24, 2.45) is 0 Å². The number of halogens is 5. The third-order valence-corrected chi connectivity index (χ3v) is 1.61. The number of rotatable bonds is 1. The largest absolute Gasteiger partial charge is 0.206 e. The van der Waals surface area contributed by atoms with Crippen molar-refractivity contribution in [1.29, 1.82) is 0 Å². The molecule has 0 saturated heterocycles. The Bertz CT molecular complexity index is 311. The van der Waals surface area contributed by atoms with Gasteiger partial charge in [-0.3, -0.25) is 0 Å². The zero-order valence-electron chi connectivity index (χ0n) is 5.67. The lowest BCUT2D eigenvalue weighted by molar-refractivity contribution is 0.428. The van der Waals surface area contributed by atoms with Crippen molar-refractivity contribution in [2.45, 2.75) is 5.88 Å². The summed E-state index contributed by atoms with van der Waals surface area (Å²) >= 11 is 5.09. The molecule has 0 nitrogen and oxygen atoms in total. The highest BCUT2D eigenvalue weighted by atomic mass is 35.5. The van der Waals surface area contributed by atoms with Crippen molar-refractivity contribution in [3.05, 3.63) is 34.9 Å². The average molecular weight is 199 g/mol. The smallest absolute Gasteiger partial charge is 0.194 e. The monoisotopic (exact) mass is 198 g/mol. The molecule has 0 heterocycles. The Labute approximate surface area is 70.8 Å². The number of hydrogen-bond acceptors (Lipinski definition) is 0. The van der Waals surface area contributed by atoms with Gasteiger partial charge in [-0.1, -0.05) is 0 Å². The van der Waals surface area contributed by atoms with Crippen LogP contribution in [0.4, 0.5) is 17.6 Å². The van der Waals surface area contributed by atoms with E-state index in [2.05, 4.69) is 0 Å². The molecule has 5 heteroatoms. The van der Waals surface area contributed by atoms with Crippen LogP contribution in [-0.4, -0.2) is 0 Å². The highest BCUT2D eigenvalue weighted by molar-refractivity contribution is 6.17. The van der Waals surface area contributed by atoms with Gasteiger partial charge in [0.15, 0.2) is 17.5 Å². The van der Waals surface area contributed by atoms with E-state index in [0.29, 0.717) is 0 Å². The molecule has 0 fully saturated rings. The topological polar surface area (TPSA) is 0 Å². The van der Waals surface area contributed by atoms with Crippen molar-refractivity contribution in [3.63, 3.8) is 0 Å². The van der Waals surface area contributed by atoms with Gasteiger partial charge in [-0.2, -0.15) is 0 Å². The van der Waals surface area contributed by atoms with Crippen LogP contribution in [0.2, 0.25) is 0 Å². The van der Waals surface area contributed by atoms with Crippen molar-refractivity contribution < 1.29 is 17.6 Å². The van der Waals surface area contributed by atoms with Gasteiger partial charge in [-0.25, -0.2) is 17.6 Å². The summed E-state index contributed by atoms with van der Waals surface area (Å²) < 4.78 is 49.8. The van der Waals surface area contributed by atoms with Crippen LogP contribution in [0.25, 0.3) is 0 Å². The molecule has 0 atom stereocenters. The van der Waals surface area contributed by atoms with E-state index in [0.717, 1.165) is 0 Å². The Kier molecular flexibility index (Phi) is 2.57. The van der Waals surface area contributed by atoms with Crippen LogP contribution < -0.4 is 0 Å². The third-order valence-electron chi connectivity index (χ3n) is 1.34. The first-order valence-electron chi connectivity index (χ1n) is 2.95. The minimum Gasteiger partial charge on any atom is -0.206 e. The number of hydrogen-bond donors (Lipinski definition) is 0. The summed E-state index contributed by atoms with van der Waals surface area (Å²) in [5.41, 5.74) is -0.657. The Morgan fingerprint density at radius 2 is 1.58 bits per heavy atom. The lowest BCUT2D eigenvalue weighted by Gasteiger charge is -2.01. The molecule has 0 radical (unpaired) electrons. The van der Waals surface area contributed by atoms with Crippen LogP contribution in [0.1, 0.15) is 5.56 Å². The molecule has 0 unspecified atom stereocenters. The van der Waals surface area contributed by atoms with Crippen LogP contribution in [0.15, 0.2) is 6.07 Å². The molecule has 0 aliphatic rings. The van der Waals surface area contributed by atoms with E-state index in [1.807, 2.05) is 0 Å². The highest BCUT2D eigenvalue weighted by Crippen LogP contribution is 2.20. The third kappa shape index (κ3) is 1.39. The maximum atomic E-state index is 12.6. The van der Waals surface area contributed by atoms with Crippen LogP contribution >= 0.6 is 11.6 Å². The second kappa shape index (κ2) is 3.31. The first-order valence-corrected chi connectivity index (χ1v) is 3.49. The van der Waals surface area contributed by atoms with E-state index in [4.69, 9.17) is 11.6 Å². The zero-order valence-corrected chi connectivity index (χ0v) is 6.43. The van der Waals surface area contributed by atoms with Gasteiger partial charge in [0.05, 0.1) is 5.88 Å². The molecule has 0 aromatic heterocycles. The molecular weight excluding hydrogens is 196 g/mol. The first kappa shape index (κ1) is 9.32. The summed E-state index contributed by atoms with van der Waals surface area (Å²) in [7, 11) is 0. The Morgan fingerprint density at radius 3 is 2.08 bits per heavy atom. The van der Waals surface area contributed by atoms with Gasteiger partial charge in [-0.15, -0.1) is 11.6 Å². The molecule has 12 heavy (non-hydrogen) atoms. The lowest BCUT2D eigenvalue weighted by Crippen LogP contribution is -1.99. The molecule has 0 amide bonds. The summed E-state index contributed by atoms with van der Waals surface area (Å²) in [4.78, 5) is 0. The van der Waals surface area contributed by atoms with Gasteiger partial charge in [0.2, 0.25) is 0 Å². The summed E-state index contributed by atoms with van der Waals surface area (Å²) in [5.74, 6) is -6.54. The van der Waals surface area contributed by atoms with Gasteiger partial charge < -0.3 is 0 Å². The second-order valence-electron chi connectivity index (χ2n) is 2.08. The predicted octanol–water partition coefficient (Wildman–Crippen LogP) is 2.98. The van der Waals surface area contributed by atoms with Gasteiger partial charge >= 0.3 is 0 Å². The van der Waals surface area contributed by atoms with Crippen LogP contribution in [0, 0.1) is 23.3 Å². The average Bonchev–Trinajstić information content (AvgIpc) is 2.01. The van der Waals surface area contributed by atoms with E-state index in [-0.39, 0.29) is 6.07 Å². The first-order chi connectivity index (χ1) is 5.57. The molecule has 66 valence electrons. The fourth-order valence-electron chi connectivity index (χ4n) is 0.726. The van der Waals surface area contributed by atoms with Gasteiger partial charge in [0, 0.05) is 11.6 Å². The van der Waals surface area contributed by atoms with Gasteiger partial charge in [-0.05, 0) is 0 Å². The summed E-state index contributed by atoms with van der Waals surface area (Å²) in [6.45, 7) is 0. The SMILES string of the molecule is Fc1cc(F)c(CCl)c(F)c1F. The van der Waals surface area contributed by atoms with E-state index in [1.165, 1.54) is 0 Å². The number of benzene rings is 1. The van der Waals surface area contributed by atoms with Crippen molar-refractivity contribution in [3.8, 4) is 0 Å². The normalized spacial score (nSPS) is 10.4. The van der Waals surface area contributed by atoms with E-state index in [1.54, 1.807) is 0 Å². The molecular formula is C7H3ClF4. The Morgan fingerprint density at radius 1 is 1.00 bits per heavy atom. The van der Waals surface area contributed by atoms with Crippen molar-refractivity contribution in [1.82, 2.24) is 0 Å². The highest BCUT2D eigenvalue weighted by Gasteiger charge is 2.17. The molecule has 0 aliphatic heterocycles. The Hall–Kier alpha value is -0.770. The van der Waals surface area contributed by atoms with Gasteiger partial charge in [0.25, 0.3) is 0 Å². The summed E-state index contributed by atoms with van der Waals surface area (Å²) in [6.07, 6.45) is 0. The van der Waals surface area contributed by atoms with E-state index >= 15 is 0 Å². The standard InChI is InChI=1S/C7H3ClF4/c8-2-3-4(9)1-5(10)7(12)6(3)11/h1H,2H2. The quantitative estimate of drug-likeness (QED) is 0.282. The maximum Gasteiger partial charge on any atom is 0.194 e. The summed E-state index contributed by atoms with van der Waals surface area (Å²) in [6, 6.07) is 0.260. The second-order valence-corrected chi connectivity index (χ2v) is 2.35. The number of alkyl halides is 1. The molecule has 1 aromatic carbocycles. The van der Waals surface area contributed by atoms with Gasteiger partial charge in [0.1, 0.15) is 5.82 Å². The zero-order chi connectivity index (χ0) is 9.30. The van der Waals surface area contributed by atoms with E-state index < -0.39 is 34.7 Å². The molecule has 0 saturated carbocycles. The molecule has 0 aliphatic carbocycles. The lowest BCUT2D eigenvalue weighted by atomic mass is 10.2. The maximum absolute atomic E-state index is 12.6. The minimum atomic E-state index is -1.70. The fourth-order valence-corrected chi connectivity index (χ4v) is 0.971. The van der Waals surface area contributed by atoms with Crippen LogP contribution in [-0.2, 0) is 5.88 Å².